The van der Waals surface area contributed by atoms with E-state index in [0.29, 0.717) is 6.61 Å². The summed E-state index contributed by atoms with van der Waals surface area (Å²) in [6, 6.07) is 18.7. The van der Waals surface area contributed by atoms with Crippen molar-refractivity contribution < 1.29 is 9.47 Å². The summed E-state index contributed by atoms with van der Waals surface area (Å²) in [7, 11) is 1.71. The minimum Gasteiger partial charge on any atom is -0.495 e. The van der Waals surface area contributed by atoms with E-state index in [-0.39, 0.29) is 6.23 Å². The first-order valence-electron chi connectivity index (χ1n) is 8.52. The Kier molecular flexibility index (Phi) is 4.20. The number of hydrogen-bond donors (Lipinski definition) is 0. The minimum absolute atomic E-state index is 0.0950. The van der Waals surface area contributed by atoms with Gasteiger partial charge < -0.3 is 18.9 Å². The predicted octanol–water partition coefficient (Wildman–Crippen LogP) is 4.33. The molecule has 2 aromatic carbocycles. The van der Waals surface area contributed by atoms with E-state index >= 15 is 0 Å². The van der Waals surface area contributed by atoms with Crippen molar-refractivity contribution in [3.05, 3.63) is 78.1 Å². The molecule has 0 radical (unpaired) electrons. The molecule has 1 saturated heterocycles. The maximum absolute atomic E-state index is 6.04. The number of rotatable bonds is 4. The Balaban J connectivity index is 1.65. The zero-order valence-electron chi connectivity index (χ0n) is 14.6. The smallest absolute Gasteiger partial charge is 0.158 e. The minimum atomic E-state index is -0.0950. The van der Waals surface area contributed by atoms with E-state index in [0.717, 1.165) is 29.2 Å². The Morgan fingerprint density at radius 1 is 1.08 bits per heavy atom. The second-order valence-corrected chi connectivity index (χ2v) is 6.28. The van der Waals surface area contributed by atoms with Gasteiger partial charge in [0.15, 0.2) is 6.23 Å². The lowest BCUT2D eigenvalue weighted by Gasteiger charge is -2.26. The maximum Gasteiger partial charge on any atom is 0.158 e. The van der Waals surface area contributed by atoms with E-state index in [1.807, 2.05) is 18.2 Å². The molecule has 4 rings (SSSR count). The molecule has 128 valence electrons. The summed E-state index contributed by atoms with van der Waals surface area (Å²) in [5, 5.41) is 0. The third-order valence-corrected chi connectivity index (χ3v) is 4.59. The maximum atomic E-state index is 6.04. The van der Waals surface area contributed by atoms with E-state index in [2.05, 4.69) is 65.2 Å². The van der Waals surface area contributed by atoms with Crippen LogP contribution >= 0.6 is 0 Å². The lowest BCUT2D eigenvalue weighted by molar-refractivity contribution is 0.113. The van der Waals surface area contributed by atoms with Crippen molar-refractivity contribution in [2.75, 3.05) is 25.2 Å². The lowest BCUT2D eigenvalue weighted by atomic mass is 10.2. The summed E-state index contributed by atoms with van der Waals surface area (Å²) in [6.07, 6.45) is 4.14. The standard InChI is InChI=1S/C21H22N2O2/c1-16-6-5-7-18(14-16)22-11-10-17(15-22)21-23(12-13-25-21)19-8-3-4-9-20(19)24-2/h3-11,14-15,21H,12-13H2,1-2H3. The number of aromatic nitrogens is 1. The van der Waals surface area contributed by atoms with Crippen molar-refractivity contribution >= 4 is 5.69 Å². The zero-order valence-corrected chi connectivity index (χ0v) is 14.6. The van der Waals surface area contributed by atoms with Crippen molar-refractivity contribution in [3.63, 3.8) is 0 Å². The van der Waals surface area contributed by atoms with Crippen LogP contribution in [0.25, 0.3) is 5.69 Å². The molecule has 2 heterocycles. The molecule has 4 nitrogen and oxygen atoms in total. The van der Waals surface area contributed by atoms with Crippen LogP contribution in [0.15, 0.2) is 67.0 Å². The van der Waals surface area contributed by atoms with Gasteiger partial charge in [-0.2, -0.15) is 0 Å². The number of hydrogen-bond acceptors (Lipinski definition) is 3. The van der Waals surface area contributed by atoms with Gasteiger partial charge in [0.2, 0.25) is 0 Å². The second-order valence-electron chi connectivity index (χ2n) is 6.28. The summed E-state index contributed by atoms with van der Waals surface area (Å²) in [5.74, 6) is 0.871. The normalized spacial score (nSPS) is 17.0. The van der Waals surface area contributed by atoms with Gasteiger partial charge >= 0.3 is 0 Å². The number of nitrogens with zero attached hydrogens (tertiary/aromatic N) is 2. The summed E-state index contributed by atoms with van der Waals surface area (Å²) >= 11 is 0. The molecule has 0 N–H and O–H groups in total. The first-order chi connectivity index (χ1) is 12.3. The van der Waals surface area contributed by atoms with E-state index in [1.165, 1.54) is 5.56 Å². The molecule has 1 aromatic heterocycles. The second kappa shape index (κ2) is 6.65. The summed E-state index contributed by atoms with van der Waals surface area (Å²) in [5.41, 5.74) is 4.62. The summed E-state index contributed by atoms with van der Waals surface area (Å²) in [4.78, 5) is 2.26. The molecule has 0 aliphatic carbocycles. The third kappa shape index (κ3) is 3.01. The molecule has 0 spiro atoms. The number of anilines is 1. The van der Waals surface area contributed by atoms with Crippen molar-refractivity contribution in [3.8, 4) is 11.4 Å². The molecule has 4 heteroatoms. The highest BCUT2D eigenvalue weighted by Crippen LogP contribution is 2.37. The van der Waals surface area contributed by atoms with Crippen LogP contribution in [0.4, 0.5) is 5.69 Å². The topological polar surface area (TPSA) is 26.6 Å². The Bertz CT molecular complexity index is 872. The average molecular weight is 334 g/mol. The number of para-hydroxylation sites is 2. The molecule has 3 aromatic rings. The van der Waals surface area contributed by atoms with E-state index < -0.39 is 0 Å². The molecular formula is C21H22N2O2. The van der Waals surface area contributed by atoms with Crippen LogP contribution in [0.1, 0.15) is 17.4 Å². The van der Waals surface area contributed by atoms with Gasteiger partial charge in [-0.15, -0.1) is 0 Å². The average Bonchev–Trinajstić information content (AvgIpc) is 3.30. The van der Waals surface area contributed by atoms with Gasteiger partial charge in [0, 0.05) is 30.2 Å². The van der Waals surface area contributed by atoms with E-state index in [1.54, 1.807) is 7.11 Å². The molecule has 1 atom stereocenters. The van der Waals surface area contributed by atoms with Gasteiger partial charge in [-0.3, -0.25) is 0 Å². The fourth-order valence-corrected chi connectivity index (χ4v) is 3.37. The van der Waals surface area contributed by atoms with Crippen LogP contribution in [0, 0.1) is 6.92 Å². The summed E-state index contributed by atoms with van der Waals surface area (Å²) in [6.45, 7) is 3.66. The highest BCUT2D eigenvalue weighted by Gasteiger charge is 2.29. The van der Waals surface area contributed by atoms with Crippen LogP contribution in [0.5, 0.6) is 5.75 Å². The van der Waals surface area contributed by atoms with Crippen LogP contribution in [-0.2, 0) is 4.74 Å². The van der Waals surface area contributed by atoms with Crippen LogP contribution < -0.4 is 9.64 Å². The molecule has 1 aliphatic heterocycles. The first kappa shape index (κ1) is 15.8. The molecule has 1 unspecified atom stereocenters. The highest BCUT2D eigenvalue weighted by atomic mass is 16.5. The van der Waals surface area contributed by atoms with Crippen molar-refractivity contribution in [1.29, 1.82) is 0 Å². The van der Waals surface area contributed by atoms with E-state index in [9.17, 15) is 0 Å². The molecule has 1 fully saturated rings. The number of ether oxygens (including phenoxy) is 2. The van der Waals surface area contributed by atoms with Crippen molar-refractivity contribution in [2.24, 2.45) is 0 Å². The fraction of sp³-hybridized carbons (Fsp3) is 0.238. The Morgan fingerprint density at radius 2 is 1.96 bits per heavy atom. The zero-order chi connectivity index (χ0) is 17.2. The van der Waals surface area contributed by atoms with Gasteiger partial charge in [-0.25, -0.2) is 0 Å². The number of aryl methyl sites for hydroxylation is 1. The Labute approximate surface area is 148 Å². The first-order valence-corrected chi connectivity index (χ1v) is 8.52. The SMILES string of the molecule is COc1ccccc1N1CCOC1c1ccn(-c2cccc(C)c2)c1. The van der Waals surface area contributed by atoms with E-state index in [4.69, 9.17) is 9.47 Å². The quantitative estimate of drug-likeness (QED) is 0.710. The largest absolute Gasteiger partial charge is 0.495 e. The van der Waals surface area contributed by atoms with Gasteiger partial charge in [-0.05, 0) is 42.8 Å². The highest BCUT2D eigenvalue weighted by molar-refractivity contribution is 5.60. The van der Waals surface area contributed by atoms with Crippen molar-refractivity contribution in [2.45, 2.75) is 13.2 Å². The van der Waals surface area contributed by atoms with Gasteiger partial charge in [0.1, 0.15) is 5.75 Å². The molecule has 0 bridgehead atoms. The third-order valence-electron chi connectivity index (χ3n) is 4.59. The lowest BCUT2D eigenvalue weighted by Crippen LogP contribution is -2.23. The molecule has 0 amide bonds. The van der Waals surface area contributed by atoms with Gasteiger partial charge in [0.25, 0.3) is 0 Å². The fourth-order valence-electron chi connectivity index (χ4n) is 3.37. The predicted molar refractivity (Wildman–Crippen MR) is 99.5 cm³/mol. The van der Waals surface area contributed by atoms with Gasteiger partial charge in [-0.1, -0.05) is 24.3 Å². The Hall–Kier alpha value is -2.72. The molecular weight excluding hydrogens is 312 g/mol. The molecule has 1 aliphatic rings. The van der Waals surface area contributed by atoms with Crippen LogP contribution in [0.3, 0.4) is 0 Å². The number of methoxy groups -OCH3 is 1. The molecule has 0 saturated carbocycles. The molecule has 25 heavy (non-hydrogen) atoms. The van der Waals surface area contributed by atoms with Crippen molar-refractivity contribution in [1.82, 2.24) is 4.57 Å². The summed E-state index contributed by atoms with van der Waals surface area (Å²) < 4.78 is 13.7. The monoisotopic (exact) mass is 334 g/mol. The van der Waals surface area contributed by atoms with Crippen LogP contribution in [0.2, 0.25) is 0 Å². The number of benzene rings is 2. The Morgan fingerprint density at radius 3 is 2.80 bits per heavy atom. The van der Waals surface area contributed by atoms with Gasteiger partial charge in [0.05, 0.1) is 19.4 Å². The van der Waals surface area contributed by atoms with Crippen LogP contribution in [-0.4, -0.2) is 24.8 Å².